The van der Waals surface area contributed by atoms with E-state index in [0.29, 0.717) is 11.4 Å². The molecule has 1 N–H and O–H groups in total. The zero-order valence-electron chi connectivity index (χ0n) is 16.1. The molecular formula is C21H23N3O4S. The average molecular weight is 413 g/mol. The first-order chi connectivity index (χ1) is 13.9. The van der Waals surface area contributed by atoms with Crippen LogP contribution in [0.5, 0.6) is 0 Å². The largest absolute Gasteiger partial charge is 0.325 e. The Morgan fingerprint density at radius 2 is 1.69 bits per heavy atom. The van der Waals surface area contributed by atoms with Crippen LogP contribution in [0, 0.1) is 0 Å². The molecule has 0 bridgehead atoms. The Kier molecular flexibility index (Phi) is 5.04. The lowest BCUT2D eigenvalue weighted by molar-refractivity contribution is -0.116. The molecule has 2 heterocycles. The number of carbonyl (C=O) groups excluding carboxylic acids is 2. The fraction of sp³-hybridized carbons (Fsp3) is 0.333. The second kappa shape index (κ2) is 7.51. The Hall–Kier alpha value is -2.87. The number of sulfone groups is 1. The molecule has 0 aromatic heterocycles. The molecule has 29 heavy (non-hydrogen) atoms. The van der Waals surface area contributed by atoms with Crippen molar-refractivity contribution < 1.29 is 18.0 Å². The summed E-state index contributed by atoms with van der Waals surface area (Å²) in [5.41, 5.74) is 2.45. The zero-order chi connectivity index (χ0) is 20.6. The van der Waals surface area contributed by atoms with E-state index in [1.54, 1.807) is 24.3 Å². The lowest BCUT2D eigenvalue weighted by Crippen LogP contribution is -2.42. The van der Waals surface area contributed by atoms with Gasteiger partial charge in [-0.15, -0.1) is 0 Å². The molecule has 7 nitrogen and oxygen atoms in total. The first kappa shape index (κ1) is 19.4. The summed E-state index contributed by atoms with van der Waals surface area (Å²) >= 11 is 0. The van der Waals surface area contributed by atoms with E-state index in [-0.39, 0.29) is 30.0 Å². The molecule has 0 spiro atoms. The highest BCUT2D eigenvalue weighted by atomic mass is 32.2. The van der Waals surface area contributed by atoms with Crippen molar-refractivity contribution in [2.75, 3.05) is 28.3 Å². The van der Waals surface area contributed by atoms with Crippen LogP contribution in [0.1, 0.15) is 12.5 Å². The van der Waals surface area contributed by atoms with Crippen LogP contribution in [0.2, 0.25) is 0 Å². The summed E-state index contributed by atoms with van der Waals surface area (Å²) in [4.78, 5) is 28.6. The van der Waals surface area contributed by atoms with E-state index in [1.807, 2.05) is 30.3 Å². The highest BCUT2D eigenvalue weighted by molar-refractivity contribution is 7.91. The normalized spacial score (nSPS) is 22.6. The molecule has 2 aliphatic heterocycles. The molecular weight excluding hydrogens is 390 g/mol. The number of rotatable bonds is 5. The minimum Gasteiger partial charge on any atom is -0.325 e. The third-order valence-corrected chi connectivity index (χ3v) is 7.17. The van der Waals surface area contributed by atoms with Gasteiger partial charge in [-0.1, -0.05) is 37.3 Å². The molecule has 3 amide bonds. The third kappa shape index (κ3) is 3.85. The number of anilines is 2. The van der Waals surface area contributed by atoms with Crippen LogP contribution in [0.25, 0.3) is 0 Å². The minimum atomic E-state index is -3.27. The fourth-order valence-electron chi connectivity index (χ4n) is 4.03. The number of benzene rings is 2. The summed E-state index contributed by atoms with van der Waals surface area (Å²) in [6, 6.07) is 15.2. The SMILES string of the molecule is CCc1ccc(NC(=O)CN2C(=O)N(c3ccccc3)[C@@H]3CS(=O)(=O)C[C@@H]32)cc1. The summed E-state index contributed by atoms with van der Waals surface area (Å²) in [6.45, 7) is 1.87. The van der Waals surface area contributed by atoms with Gasteiger partial charge in [-0.2, -0.15) is 0 Å². The zero-order valence-corrected chi connectivity index (χ0v) is 16.9. The number of hydrogen-bond donors (Lipinski definition) is 1. The monoisotopic (exact) mass is 413 g/mol. The first-order valence-corrected chi connectivity index (χ1v) is 11.4. The number of fused-ring (bicyclic) bond motifs is 1. The highest BCUT2D eigenvalue weighted by Crippen LogP contribution is 2.34. The highest BCUT2D eigenvalue weighted by Gasteiger charge is 2.54. The van der Waals surface area contributed by atoms with Crippen LogP contribution in [-0.2, 0) is 21.1 Å². The standard InChI is InChI=1S/C21H23N3O4S/c1-2-15-8-10-16(11-9-15)22-20(25)12-23-18-13-29(27,28)14-19(18)24(21(23)26)17-6-4-3-5-7-17/h3-11,18-19H,2,12-14H2,1H3,(H,22,25)/t18-,19+/m0/s1. The van der Waals surface area contributed by atoms with Gasteiger partial charge in [0.2, 0.25) is 5.91 Å². The van der Waals surface area contributed by atoms with Crippen LogP contribution in [0.4, 0.5) is 16.2 Å². The van der Waals surface area contributed by atoms with Crippen molar-refractivity contribution in [1.82, 2.24) is 4.90 Å². The van der Waals surface area contributed by atoms with Crippen molar-refractivity contribution in [3.05, 3.63) is 60.2 Å². The molecule has 0 unspecified atom stereocenters. The van der Waals surface area contributed by atoms with Gasteiger partial charge in [0.15, 0.2) is 9.84 Å². The second-order valence-corrected chi connectivity index (χ2v) is 9.58. The predicted molar refractivity (Wildman–Crippen MR) is 112 cm³/mol. The first-order valence-electron chi connectivity index (χ1n) is 9.62. The molecule has 0 radical (unpaired) electrons. The van der Waals surface area contributed by atoms with Crippen LogP contribution < -0.4 is 10.2 Å². The van der Waals surface area contributed by atoms with Crippen molar-refractivity contribution in [3.8, 4) is 0 Å². The van der Waals surface area contributed by atoms with Gasteiger partial charge in [0.25, 0.3) is 0 Å². The molecule has 2 aromatic rings. The summed E-state index contributed by atoms with van der Waals surface area (Å²) in [5.74, 6) is -0.555. The lowest BCUT2D eigenvalue weighted by atomic mass is 10.1. The van der Waals surface area contributed by atoms with Crippen LogP contribution >= 0.6 is 0 Å². The number of para-hydroxylation sites is 1. The molecule has 2 atom stereocenters. The van der Waals surface area contributed by atoms with Crippen molar-refractivity contribution in [2.45, 2.75) is 25.4 Å². The van der Waals surface area contributed by atoms with Crippen molar-refractivity contribution in [3.63, 3.8) is 0 Å². The van der Waals surface area contributed by atoms with Crippen LogP contribution in [-0.4, -0.2) is 55.4 Å². The Morgan fingerprint density at radius 1 is 1.03 bits per heavy atom. The van der Waals surface area contributed by atoms with E-state index < -0.39 is 21.9 Å². The predicted octanol–water partition coefficient (Wildman–Crippen LogP) is 2.30. The number of urea groups is 1. The summed E-state index contributed by atoms with van der Waals surface area (Å²) < 4.78 is 24.5. The summed E-state index contributed by atoms with van der Waals surface area (Å²) in [5, 5.41) is 2.80. The Bertz CT molecular complexity index is 1020. The molecule has 0 saturated carbocycles. The summed E-state index contributed by atoms with van der Waals surface area (Å²) in [7, 11) is -3.27. The Balaban J connectivity index is 1.54. The van der Waals surface area contributed by atoms with Crippen molar-refractivity contribution in [2.24, 2.45) is 0 Å². The second-order valence-electron chi connectivity index (χ2n) is 7.43. The van der Waals surface area contributed by atoms with Gasteiger partial charge in [-0.05, 0) is 36.2 Å². The van der Waals surface area contributed by atoms with Gasteiger partial charge in [0, 0.05) is 11.4 Å². The maximum absolute atomic E-state index is 13.1. The lowest BCUT2D eigenvalue weighted by Gasteiger charge is -2.22. The summed E-state index contributed by atoms with van der Waals surface area (Å²) in [6.07, 6.45) is 0.906. The molecule has 4 rings (SSSR count). The van der Waals surface area contributed by atoms with Gasteiger partial charge < -0.3 is 10.2 Å². The number of nitrogens with one attached hydrogen (secondary N) is 1. The van der Waals surface area contributed by atoms with Gasteiger partial charge in [-0.25, -0.2) is 13.2 Å². The Morgan fingerprint density at radius 3 is 2.34 bits per heavy atom. The molecule has 2 saturated heterocycles. The smallest absolute Gasteiger partial charge is 0.325 e. The van der Waals surface area contributed by atoms with Crippen LogP contribution in [0.15, 0.2) is 54.6 Å². The Labute approximate surface area is 170 Å². The quantitative estimate of drug-likeness (QED) is 0.762. The minimum absolute atomic E-state index is 0.0884. The van der Waals surface area contributed by atoms with E-state index in [4.69, 9.17) is 0 Å². The molecule has 0 aliphatic carbocycles. The molecule has 2 aliphatic rings. The van der Waals surface area contributed by atoms with Crippen LogP contribution in [0.3, 0.4) is 0 Å². The molecule has 8 heteroatoms. The number of aryl methyl sites for hydroxylation is 1. The maximum atomic E-state index is 13.1. The fourth-order valence-corrected chi connectivity index (χ4v) is 5.98. The number of carbonyl (C=O) groups is 2. The third-order valence-electron chi connectivity index (χ3n) is 5.47. The molecule has 2 fully saturated rings. The van der Waals surface area contributed by atoms with E-state index in [2.05, 4.69) is 12.2 Å². The van der Waals surface area contributed by atoms with E-state index in [9.17, 15) is 18.0 Å². The van der Waals surface area contributed by atoms with Crippen molar-refractivity contribution in [1.29, 1.82) is 0 Å². The van der Waals surface area contributed by atoms with E-state index in [0.717, 1.165) is 12.0 Å². The van der Waals surface area contributed by atoms with Gasteiger partial charge in [0.1, 0.15) is 6.54 Å². The van der Waals surface area contributed by atoms with E-state index >= 15 is 0 Å². The maximum Gasteiger partial charge on any atom is 0.325 e. The average Bonchev–Trinajstić information content (AvgIpc) is 3.13. The number of amides is 3. The van der Waals surface area contributed by atoms with Gasteiger partial charge >= 0.3 is 6.03 Å². The molecule has 152 valence electrons. The number of hydrogen-bond acceptors (Lipinski definition) is 4. The topological polar surface area (TPSA) is 86.8 Å². The molecule has 2 aromatic carbocycles. The van der Waals surface area contributed by atoms with Crippen molar-refractivity contribution >= 4 is 33.2 Å². The number of nitrogens with zero attached hydrogens (tertiary/aromatic N) is 2. The van der Waals surface area contributed by atoms with Gasteiger partial charge in [0.05, 0.1) is 23.6 Å². The van der Waals surface area contributed by atoms with Gasteiger partial charge in [-0.3, -0.25) is 9.69 Å². The van der Waals surface area contributed by atoms with E-state index in [1.165, 1.54) is 9.80 Å².